The van der Waals surface area contributed by atoms with Crippen LogP contribution in [0.5, 0.6) is 5.75 Å². The first-order valence-electron chi connectivity index (χ1n) is 7.27. The summed E-state index contributed by atoms with van der Waals surface area (Å²) in [5.41, 5.74) is 3.33. The Morgan fingerprint density at radius 3 is 2.48 bits per heavy atom. The zero-order valence-corrected chi connectivity index (χ0v) is 12.9. The Kier molecular flexibility index (Phi) is 3.85. The molecule has 0 bridgehead atoms. The van der Waals surface area contributed by atoms with Crippen molar-refractivity contribution in [3.05, 3.63) is 75.7 Å². The number of para-hydroxylation sites is 2. The molecule has 0 radical (unpaired) electrons. The largest absolute Gasteiger partial charge is 0.506 e. The topological polar surface area (TPSA) is 70.4 Å². The fraction of sp³-hybridized carbons (Fsp3) is 0.111. The van der Waals surface area contributed by atoms with Crippen molar-refractivity contribution in [3.8, 4) is 11.4 Å². The molecule has 0 saturated heterocycles. The number of nitrogens with zero attached hydrogens (tertiary/aromatic N) is 2. The van der Waals surface area contributed by atoms with Crippen LogP contribution in [0, 0.1) is 13.8 Å². The molecule has 23 heavy (non-hydrogen) atoms. The third-order valence-electron chi connectivity index (χ3n) is 3.62. The van der Waals surface area contributed by atoms with Crippen LogP contribution in [0.25, 0.3) is 5.69 Å². The zero-order valence-electron chi connectivity index (χ0n) is 12.9. The van der Waals surface area contributed by atoms with Crippen LogP contribution in [0.1, 0.15) is 16.8 Å². The number of phenolic OH excluding ortho intramolecular Hbond substituents is 1. The van der Waals surface area contributed by atoms with E-state index in [1.54, 1.807) is 24.3 Å². The molecule has 0 aliphatic carbocycles. The molecule has 1 aromatic heterocycles. The van der Waals surface area contributed by atoms with Crippen molar-refractivity contribution < 1.29 is 5.11 Å². The Labute approximate surface area is 133 Å². The second-order valence-electron chi connectivity index (χ2n) is 5.37. The van der Waals surface area contributed by atoms with E-state index in [0.717, 1.165) is 16.9 Å². The normalized spacial score (nSPS) is 11.2. The van der Waals surface area contributed by atoms with Crippen molar-refractivity contribution in [3.63, 3.8) is 0 Å². The minimum atomic E-state index is -0.175. The lowest BCUT2D eigenvalue weighted by molar-refractivity contribution is 0.477. The Bertz CT molecular complexity index is 918. The number of benzene rings is 2. The molecule has 2 aromatic carbocycles. The van der Waals surface area contributed by atoms with E-state index < -0.39 is 0 Å². The van der Waals surface area contributed by atoms with Gasteiger partial charge in [0, 0.05) is 11.9 Å². The smallest absolute Gasteiger partial charge is 0.280 e. The molecule has 0 amide bonds. The third-order valence-corrected chi connectivity index (χ3v) is 3.62. The molecule has 0 aliphatic rings. The SMILES string of the molecule is Cc1ccc(-n2[nH]c(C)c(C=Nc3ccccc3O)c2=O)cc1. The predicted molar refractivity (Wildman–Crippen MR) is 91.2 cm³/mol. The van der Waals surface area contributed by atoms with Gasteiger partial charge in [0.1, 0.15) is 11.4 Å². The summed E-state index contributed by atoms with van der Waals surface area (Å²) in [4.78, 5) is 16.8. The predicted octanol–water partition coefficient (Wildman–Crippen LogP) is 3.24. The van der Waals surface area contributed by atoms with Gasteiger partial charge in [-0.1, -0.05) is 29.8 Å². The molecular weight excluding hydrogens is 290 g/mol. The van der Waals surface area contributed by atoms with Crippen LogP contribution in [0.4, 0.5) is 5.69 Å². The zero-order chi connectivity index (χ0) is 16.4. The Morgan fingerprint density at radius 2 is 1.78 bits per heavy atom. The van der Waals surface area contributed by atoms with Crippen molar-refractivity contribution in [2.45, 2.75) is 13.8 Å². The van der Waals surface area contributed by atoms with Gasteiger partial charge in [0.25, 0.3) is 5.56 Å². The number of aryl methyl sites for hydroxylation is 2. The van der Waals surface area contributed by atoms with E-state index in [1.165, 1.54) is 10.9 Å². The lowest BCUT2D eigenvalue weighted by Crippen LogP contribution is -2.17. The summed E-state index contributed by atoms with van der Waals surface area (Å²) in [5, 5.41) is 12.8. The summed E-state index contributed by atoms with van der Waals surface area (Å²) in [7, 11) is 0. The number of hydrogen-bond donors (Lipinski definition) is 2. The molecule has 0 spiro atoms. The number of rotatable bonds is 3. The van der Waals surface area contributed by atoms with Crippen LogP contribution in [0.15, 0.2) is 58.3 Å². The van der Waals surface area contributed by atoms with E-state index >= 15 is 0 Å². The summed E-state index contributed by atoms with van der Waals surface area (Å²) in [5.74, 6) is 0.0794. The van der Waals surface area contributed by atoms with Crippen LogP contribution in [0.2, 0.25) is 0 Å². The molecule has 5 heteroatoms. The summed E-state index contributed by atoms with van der Waals surface area (Å²) in [6.07, 6.45) is 1.48. The molecule has 5 nitrogen and oxygen atoms in total. The van der Waals surface area contributed by atoms with Crippen molar-refractivity contribution in [2.24, 2.45) is 4.99 Å². The number of aliphatic imine (C=N–C) groups is 1. The minimum Gasteiger partial charge on any atom is -0.506 e. The van der Waals surface area contributed by atoms with Crippen LogP contribution < -0.4 is 5.56 Å². The quantitative estimate of drug-likeness (QED) is 0.729. The molecule has 0 aliphatic heterocycles. The number of hydrogen-bond acceptors (Lipinski definition) is 3. The molecule has 3 aromatic rings. The highest BCUT2D eigenvalue weighted by atomic mass is 16.3. The lowest BCUT2D eigenvalue weighted by Gasteiger charge is -2.01. The van der Waals surface area contributed by atoms with Crippen LogP contribution in [-0.4, -0.2) is 21.1 Å². The first-order valence-corrected chi connectivity index (χ1v) is 7.27. The van der Waals surface area contributed by atoms with Crippen LogP contribution in [-0.2, 0) is 0 Å². The highest BCUT2D eigenvalue weighted by molar-refractivity contribution is 5.83. The molecular formula is C18H17N3O2. The van der Waals surface area contributed by atoms with Gasteiger partial charge in [0.05, 0.1) is 11.3 Å². The molecule has 0 fully saturated rings. The fourth-order valence-electron chi connectivity index (χ4n) is 2.29. The second-order valence-corrected chi connectivity index (χ2v) is 5.37. The van der Waals surface area contributed by atoms with Gasteiger partial charge in [-0.3, -0.25) is 14.9 Å². The van der Waals surface area contributed by atoms with Gasteiger partial charge in [0.2, 0.25) is 0 Å². The highest BCUT2D eigenvalue weighted by Crippen LogP contribution is 2.24. The van der Waals surface area contributed by atoms with E-state index in [4.69, 9.17) is 0 Å². The third kappa shape index (κ3) is 2.94. The van der Waals surface area contributed by atoms with Crippen molar-refractivity contribution >= 4 is 11.9 Å². The van der Waals surface area contributed by atoms with E-state index in [-0.39, 0.29) is 11.3 Å². The molecule has 3 rings (SSSR count). The van der Waals surface area contributed by atoms with Crippen LogP contribution in [0.3, 0.4) is 0 Å². The maximum atomic E-state index is 12.6. The standard InChI is InChI=1S/C18H17N3O2/c1-12-7-9-14(10-8-12)21-18(23)15(13(2)20-21)11-19-16-5-3-4-6-17(16)22/h3-11,20,22H,1-2H3. The molecule has 116 valence electrons. The fourth-order valence-corrected chi connectivity index (χ4v) is 2.29. The Balaban J connectivity index is 2.00. The van der Waals surface area contributed by atoms with Crippen molar-refractivity contribution in [2.75, 3.05) is 0 Å². The number of aromatic amines is 1. The number of nitrogens with one attached hydrogen (secondary N) is 1. The summed E-state index contributed by atoms with van der Waals surface area (Å²) in [6, 6.07) is 14.4. The summed E-state index contributed by atoms with van der Waals surface area (Å²) < 4.78 is 1.49. The van der Waals surface area contributed by atoms with Gasteiger partial charge in [-0.15, -0.1) is 0 Å². The number of aromatic nitrogens is 2. The van der Waals surface area contributed by atoms with Crippen molar-refractivity contribution in [1.82, 2.24) is 9.78 Å². The monoisotopic (exact) mass is 307 g/mol. The second kappa shape index (κ2) is 5.96. The maximum Gasteiger partial charge on any atom is 0.280 e. The van der Waals surface area contributed by atoms with E-state index in [1.807, 2.05) is 38.1 Å². The molecule has 0 saturated carbocycles. The molecule has 0 unspecified atom stereocenters. The van der Waals surface area contributed by atoms with Gasteiger partial charge < -0.3 is 5.11 Å². The van der Waals surface area contributed by atoms with Gasteiger partial charge in [-0.25, -0.2) is 4.68 Å². The number of phenols is 1. The van der Waals surface area contributed by atoms with Gasteiger partial charge in [-0.05, 0) is 38.1 Å². The first-order chi connectivity index (χ1) is 11.1. The molecule has 2 N–H and O–H groups in total. The average Bonchev–Trinajstić information content (AvgIpc) is 2.82. The average molecular weight is 307 g/mol. The number of aromatic hydroxyl groups is 1. The Hall–Kier alpha value is -3.08. The summed E-state index contributed by atoms with van der Waals surface area (Å²) in [6.45, 7) is 3.81. The Morgan fingerprint density at radius 1 is 1.09 bits per heavy atom. The summed E-state index contributed by atoms with van der Waals surface area (Å²) >= 11 is 0. The van der Waals surface area contributed by atoms with E-state index in [0.29, 0.717) is 11.3 Å². The minimum absolute atomic E-state index is 0.0794. The van der Waals surface area contributed by atoms with Gasteiger partial charge in [0.15, 0.2) is 0 Å². The first kappa shape index (κ1) is 14.8. The highest BCUT2D eigenvalue weighted by Gasteiger charge is 2.10. The lowest BCUT2D eigenvalue weighted by atomic mass is 10.2. The molecule has 0 atom stereocenters. The molecule has 1 heterocycles. The van der Waals surface area contributed by atoms with E-state index in [9.17, 15) is 9.90 Å². The van der Waals surface area contributed by atoms with Crippen molar-refractivity contribution in [1.29, 1.82) is 0 Å². The van der Waals surface area contributed by atoms with E-state index in [2.05, 4.69) is 10.1 Å². The number of H-pyrrole nitrogens is 1. The van der Waals surface area contributed by atoms with Gasteiger partial charge in [-0.2, -0.15) is 0 Å². The van der Waals surface area contributed by atoms with Gasteiger partial charge >= 0.3 is 0 Å². The maximum absolute atomic E-state index is 12.6. The van der Waals surface area contributed by atoms with Crippen LogP contribution >= 0.6 is 0 Å².